The lowest BCUT2D eigenvalue weighted by Crippen LogP contribution is -1.90. The van der Waals surface area contributed by atoms with Gasteiger partial charge in [0.2, 0.25) is 0 Å². The maximum atomic E-state index is 13.8. The summed E-state index contributed by atoms with van der Waals surface area (Å²) in [5, 5.41) is 0.871. The number of halogens is 4. The van der Waals surface area contributed by atoms with Crippen molar-refractivity contribution in [3.8, 4) is 11.1 Å². The molecule has 0 heterocycles. The molecule has 0 spiro atoms. The Kier molecular flexibility index (Phi) is 3.62. The maximum absolute atomic E-state index is 13.8. The molecule has 2 rings (SSSR count). The number of aryl methyl sites for hydroxylation is 1. The molecule has 0 radical (unpaired) electrons. The van der Waals surface area contributed by atoms with E-state index in [2.05, 4.69) is 0 Å². The molecule has 2 aromatic carbocycles. The lowest BCUT2D eigenvalue weighted by atomic mass is 10.00. The molecule has 0 atom stereocenters. The number of benzene rings is 2. The fourth-order valence-electron chi connectivity index (χ4n) is 1.69. The molecule has 0 unspecified atom stereocenters. The lowest BCUT2D eigenvalue weighted by Gasteiger charge is -2.11. The van der Waals surface area contributed by atoms with Crippen LogP contribution in [0.1, 0.15) is 5.56 Å². The Bertz CT molecular complexity index is 559. The third-order valence-electron chi connectivity index (χ3n) is 2.53. The molecule has 0 amide bonds. The second-order valence-electron chi connectivity index (χ2n) is 3.65. The molecular weight excluding hydrogens is 282 g/mol. The molecule has 0 saturated carbocycles. The van der Waals surface area contributed by atoms with Crippen molar-refractivity contribution < 1.29 is 4.39 Å². The predicted octanol–water partition coefficient (Wildman–Crippen LogP) is 5.76. The number of hydrogen-bond acceptors (Lipinski definition) is 0. The molecule has 4 heteroatoms. The summed E-state index contributed by atoms with van der Waals surface area (Å²) >= 11 is 17.9. The smallest absolute Gasteiger partial charge is 0.131 e. The first-order valence-corrected chi connectivity index (χ1v) is 6.04. The fraction of sp³-hybridized carbons (Fsp3) is 0.0769. The molecule has 0 fully saturated rings. The molecular formula is C13H8Cl3F. The van der Waals surface area contributed by atoms with Gasteiger partial charge in [0.25, 0.3) is 0 Å². The van der Waals surface area contributed by atoms with Crippen molar-refractivity contribution in [1.29, 1.82) is 0 Å². The number of hydrogen-bond donors (Lipinski definition) is 0. The summed E-state index contributed by atoms with van der Waals surface area (Å²) in [4.78, 5) is 0. The molecule has 0 aliphatic heterocycles. The van der Waals surface area contributed by atoms with Crippen LogP contribution in [0.15, 0.2) is 30.3 Å². The van der Waals surface area contributed by atoms with Gasteiger partial charge in [-0.05, 0) is 24.6 Å². The van der Waals surface area contributed by atoms with Crippen molar-refractivity contribution in [2.45, 2.75) is 6.92 Å². The van der Waals surface area contributed by atoms with Crippen molar-refractivity contribution in [2.75, 3.05) is 0 Å². The topological polar surface area (TPSA) is 0 Å². The number of rotatable bonds is 1. The van der Waals surface area contributed by atoms with E-state index in [-0.39, 0.29) is 15.9 Å². The molecule has 88 valence electrons. The highest BCUT2D eigenvalue weighted by Crippen LogP contribution is 2.39. The molecule has 0 N–H and O–H groups in total. The van der Waals surface area contributed by atoms with E-state index in [1.165, 1.54) is 6.07 Å². The average Bonchev–Trinajstić information content (AvgIpc) is 2.29. The van der Waals surface area contributed by atoms with Crippen LogP contribution in [-0.4, -0.2) is 0 Å². The summed E-state index contributed by atoms with van der Waals surface area (Å²) in [5.41, 5.74) is 1.80. The van der Waals surface area contributed by atoms with Crippen LogP contribution >= 0.6 is 34.8 Å². The van der Waals surface area contributed by atoms with Gasteiger partial charge in [-0.25, -0.2) is 4.39 Å². The van der Waals surface area contributed by atoms with Gasteiger partial charge in [0.05, 0.1) is 15.1 Å². The van der Waals surface area contributed by atoms with Crippen LogP contribution in [0.3, 0.4) is 0 Å². The van der Waals surface area contributed by atoms with Crippen LogP contribution in [0.4, 0.5) is 4.39 Å². The van der Waals surface area contributed by atoms with Gasteiger partial charge in [0.15, 0.2) is 0 Å². The molecule has 0 aliphatic carbocycles. The van der Waals surface area contributed by atoms with Crippen molar-refractivity contribution in [3.63, 3.8) is 0 Å². The Morgan fingerprint density at radius 3 is 2.29 bits per heavy atom. The van der Waals surface area contributed by atoms with Crippen LogP contribution in [0, 0.1) is 12.7 Å². The summed E-state index contributed by atoms with van der Waals surface area (Å²) in [6.07, 6.45) is 0. The lowest BCUT2D eigenvalue weighted by molar-refractivity contribution is 0.630. The van der Waals surface area contributed by atoms with Crippen molar-refractivity contribution in [3.05, 3.63) is 56.8 Å². The summed E-state index contributed by atoms with van der Waals surface area (Å²) in [7, 11) is 0. The Hall–Kier alpha value is -0.760. The van der Waals surface area contributed by atoms with Gasteiger partial charge in [-0.15, -0.1) is 0 Å². The highest BCUT2D eigenvalue weighted by molar-refractivity contribution is 6.49. The van der Waals surface area contributed by atoms with E-state index < -0.39 is 0 Å². The standard InChI is InChI=1S/C13H8Cl3F/c1-7-3-2-4-10(17)11(7)8-5-6-9(14)13(16)12(8)15/h2-6H,1H3. The highest BCUT2D eigenvalue weighted by Gasteiger charge is 2.15. The normalized spacial score (nSPS) is 10.6. The molecule has 0 nitrogen and oxygen atoms in total. The van der Waals surface area contributed by atoms with Gasteiger partial charge < -0.3 is 0 Å². The monoisotopic (exact) mass is 288 g/mol. The van der Waals surface area contributed by atoms with E-state index in [9.17, 15) is 4.39 Å². The van der Waals surface area contributed by atoms with Gasteiger partial charge in [0.1, 0.15) is 5.82 Å². The van der Waals surface area contributed by atoms with E-state index in [0.717, 1.165) is 5.56 Å². The first-order chi connectivity index (χ1) is 8.02. The zero-order valence-corrected chi connectivity index (χ0v) is 11.2. The van der Waals surface area contributed by atoms with Crippen molar-refractivity contribution >= 4 is 34.8 Å². The van der Waals surface area contributed by atoms with Crippen LogP contribution in [0.25, 0.3) is 11.1 Å². The third kappa shape index (κ3) is 2.28. The molecule has 0 aromatic heterocycles. The van der Waals surface area contributed by atoms with Crippen LogP contribution in [-0.2, 0) is 0 Å². The zero-order valence-electron chi connectivity index (χ0n) is 8.90. The van der Waals surface area contributed by atoms with E-state index in [1.54, 1.807) is 18.2 Å². The predicted molar refractivity (Wildman–Crippen MR) is 71.6 cm³/mol. The zero-order chi connectivity index (χ0) is 12.6. The van der Waals surface area contributed by atoms with Crippen LogP contribution < -0.4 is 0 Å². The Balaban J connectivity index is 2.74. The van der Waals surface area contributed by atoms with Crippen molar-refractivity contribution in [1.82, 2.24) is 0 Å². The molecule has 0 aliphatic rings. The maximum Gasteiger partial charge on any atom is 0.131 e. The van der Waals surface area contributed by atoms with Gasteiger partial charge in [0, 0.05) is 11.1 Å². The second kappa shape index (κ2) is 4.85. The van der Waals surface area contributed by atoms with E-state index >= 15 is 0 Å². The Labute approximate surface area is 114 Å². The van der Waals surface area contributed by atoms with Crippen LogP contribution in [0.2, 0.25) is 15.1 Å². The molecule has 0 bridgehead atoms. The summed E-state index contributed by atoms with van der Waals surface area (Å²) in [5.74, 6) is -0.328. The summed E-state index contributed by atoms with van der Waals surface area (Å²) in [6.45, 7) is 1.82. The van der Waals surface area contributed by atoms with Gasteiger partial charge in [-0.1, -0.05) is 53.0 Å². The third-order valence-corrected chi connectivity index (χ3v) is 3.82. The Morgan fingerprint density at radius 2 is 1.65 bits per heavy atom. The fourth-order valence-corrected chi connectivity index (χ4v) is 2.32. The SMILES string of the molecule is Cc1cccc(F)c1-c1ccc(Cl)c(Cl)c1Cl. The second-order valence-corrected chi connectivity index (χ2v) is 4.82. The van der Waals surface area contributed by atoms with E-state index in [4.69, 9.17) is 34.8 Å². The quantitative estimate of drug-likeness (QED) is 0.585. The largest absolute Gasteiger partial charge is 0.206 e. The average molecular weight is 290 g/mol. The van der Waals surface area contributed by atoms with E-state index in [0.29, 0.717) is 16.1 Å². The van der Waals surface area contributed by atoms with Crippen LogP contribution in [0.5, 0.6) is 0 Å². The van der Waals surface area contributed by atoms with Crippen molar-refractivity contribution in [2.24, 2.45) is 0 Å². The molecule has 2 aromatic rings. The first-order valence-electron chi connectivity index (χ1n) is 4.91. The first kappa shape index (κ1) is 12.7. The van der Waals surface area contributed by atoms with Gasteiger partial charge in [-0.3, -0.25) is 0 Å². The van der Waals surface area contributed by atoms with Gasteiger partial charge in [-0.2, -0.15) is 0 Å². The van der Waals surface area contributed by atoms with Gasteiger partial charge >= 0.3 is 0 Å². The molecule has 17 heavy (non-hydrogen) atoms. The minimum atomic E-state index is -0.328. The summed E-state index contributed by atoms with van der Waals surface area (Å²) < 4.78 is 13.8. The minimum absolute atomic E-state index is 0.244. The Morgan fingerprint density at radius 1 is 0.941 bits per heavy atom. The summed E-state index contributed by atoms with van der Waals surface area (Å²) in [6, 6.07) is 8.14. The molecule has 0 saturated heterocycles. The van der Waals surface area contributed by atoms with E-state index in [1.807, 2.05) is 13.0 Å². The minimum Gasteiger partial charge on any atom is -0.206 e. The highest BCUT2D eigenvalue weighted by atomic mass is 35.5.